The number of rotatable bonds is 5. The maximum absolute atomic E-state index is 13.4. The quantitative estimate of drug-likeness (QED) is 0.844. The van der Waals surface area contributed by atoms with Crippen molar-refractivity contribution in [1.82, 2.24) is 0 Å². The Kier molecular flexibility index (Phi) is 4.19. The van der Waals surface area contributed by atoms with E-state index in [0.717, 1.165) is 0 Å². The molecule has 0 aliphatic rings. The first kappa shape index (κ1) is 13.9. The molecule has 1 atom stereocenters. The Hall–Kier alpha value is -2.18. The van der Waals surface area contributed by atoms with Gasteiger partial charge in [0.05, 0.1) is 5.56 Å². The van der Waals surface area contributed by atoms with Crippen LogP contribution in [0.4, 0.5) is 8.78 Å². The second-order valence-electron chi connectivity index (χ2n) is 3.43. The van der Waals surface area contributed by atoms with Crippen molar-refractivity contribution in [3.8, 4) is 5.75 Å². The van der Waals surface area contributed by atoms with E-state index in [4.69, 9.17) is 10.2 Å². The summed E-state index contributed by atoms with van der Waals surface area (Å²) in [6, 6.07) is 1.13. The molecule has 0 saturated heterocycles. The number of carboxylic acids is 2. The number of halogens is 2. The largest absolute Gasteiger partial charge is 0.479 e. The predicted molar refractivity (Wildman–Crippen MR) is 55.7 cm³/mol. The summed E-state index contributed by atoms with van der Waals surface area (Å²) in [7, 11) is 0. The highest BCUT2D eigenvalue weighted by Gasteiger charge is 2.23. The number of hydrogen-bond donors (Lipinski definition) is 2. The maximum Gasteiger partial charge on any atom is 0.344 e. The van der Waals surface area contributed by atoms with Gasteiger partial charge in [-0.3, -0.25) is 0 Å². The fraction of sp³-hybridized carbons (Fsp3) is 0.273. The van der Waals surface area contributed by atoms with Crippen LogP contribution in [-0.2, 0) is 4.79 Å². The van der Waals surface area contributed by atoms with Gasteiger partial charge in [0.15, 0.2) is 23.5 Å². The maximum atomic E-state index is 13.4. The molecule has 0 radical (unpaired) electrons. The molecule has 0 bridgehead atoms. The fourth-order valence-electron chi connectivity index (χ4n) is 1.25. The summed E-state index contributed by atoms with van der Waals surface area (Å²) in [6.45, 7) is 1.47. The summed E-state index contributed by atoms with van der Waals surface area (Å²) in [5.74, 6) is -6.27. The van der Waals surface area contributed by atoms with Crippen LogP contribution in [0.2, 0.25) is 0 Å². The summed E-state index contributed by atoms with van der Waals surface area (Å²) in [5.41, 5.74) is -0.583. The van der Waals surface area contributed by atoms with Crippen LogP contribution in [0.3, 0.4) is 0 Å². The van der Waals surface area contributed by atoms with Gasteiger partial charge >= 0.3 is 11.9 Å². The molecule has 18 heavy (non-hydrogen) atoms. The predicted octanol–water partition coefficient (Wildman–Crippen LogP) is 1.90. The molecule has 1 aromatic carbocycles. The van der Waals surface area contributed by atoms with E-state index in [-0.39, 0.29) is 6.42 Å². The molecule has 0 aliphatic carbocycles. The number of benzene rings is 1. The SMILES string of the molecule is CCC(Oc1c(F)cc(C(=O)O)cc1F)C(=O)O. The van der Waals surface area contributed by atoms with Crippen molar-refractivity contribution in [2.45, 2.75) is 19.4 Å². The molecule has 7 heteroatoms. The zero-order valence-electron chi connectivity index (χ0n) is 9.31. The molecule has 2 N–H and O–H groups in total. The second-order valence-corrected chi connectivity index (χ2v) is 3.43. The van der Waals surface area contributed by atoms with Gasteiger partial charge in [-0.2, -0.15) is 0 Å². The molecule has 1 rings (SSSR count). The number of carbonyl (C=O) groups is 2. The van der Waals surface area contributed by atoms with Crippen LogP contribution in [0, 0.1) is 11.6 Å². The third-order valence-electron chi connectivity index (χ3n) is 2.15. The van der Waals surface area contributed by atoms with Crippen LogP contribution in [0.1, 0.15) is 23.7 Å². The van der Waals surface area contributed by atoms with Gasteiger partial charge in [0.25, 0.3) is 0 Å². The molecule has 98 valence electrons. The van der Waals surface area contributed by atoms with Crippen LogP contribution >= 0.6 is 0 Å². The molecule has 0 saturated carbocycles. The highest BCUT2D eigenvalue weighted by atomic mass is 19.1. The van der Waals surface area contributed by atoms with E-state index in [9.17, 15) is 18.4 Å². The zero-order chi connectivity index (χ0) is 13.9. The Balaban J connectivity index is 3.10. The molecule has 0 heterocycles. The lowest BCUT2D eigenvalue weighted by Crippen LogP contribution is -2.26. The second kappa shape index (κ2) is 5.44. The normalized spacial score (nSPS) is 11.9. The van der Waals surface area contributed by atoms with E-state index in [1.165, 1.54) is 6.92 Å². The monoisotopic (exact) mass is 260 g/mol. The van der Waals surface area contributed by atoms with Gasteiger partial charge < -0.3 is 14.9 Å². The lowest BCUT2D eigenvalue weighted by Gasteiger charge is -2.14. The van der Waals surface area contributed by atoms with E-state index in [1.807, 2.05) is 0 Å². The zero-order valence-corrected chi connectivity index (χ0v) is 9.31. The Morgan fingerprint density at radius 1 is 1.28 bits per heavy atom. The van der Waals surface area contributed by atoms with E-state index >= 15 is 0 Å². The third kappa shape index (κ3) is 2.93. The molecule has 1 aromatic rings. The Bertz CT molecular complexity index is 463. The van der Waals surface area contributed by atoms with Gasteiger partial charge in [0, 0.05) is 0 Å². The van der Waals surface area contributed by atoms with Gasteiger partial charge in [0.2, 0.25) is 0 Å². The summed E-state index contributed by atoms with van der Waals surface area (Å²) >= 11 is 0. The van der Waals surface area contributed by atoms with Crippen LogP contribution in [0.25, 0.3) is 0 Å². The van der Waals surface area contributed by atoms with Crippen LogP contribution in [0.5, 0.6) is 5.75 Å². The average Bonchev–Trinajstić information content (AvgIpc) is 2.27. The summed E-state index contributed by atoms with van der Waals surface area (Å²) in [5, 5.41) is 17.3. The lowest BCUT2D eigenvalue weighted by atomic mass is 10.2. The van der Waals surface area contributed by atoms with Gasteiger partial charge in [-0.25, -0.2) is 18.4 Å². The fourth-order valence-corrected chi connectivity index (χ4v) is 1.25. The van der Waals surface area contributed by atoms with Gasteiger partial charge in [-0.05, 0) is 18.6 Å². The Labute approximate surface area is 101 Å². The molecule has 1 unspecified atom stereocenters. The van der Waals surface area contributed by atoms with Crippen molar-refractivity contribution in [3.05, 3.63) is 29.3 Å². The van der Waals surface area contributed by atoms with E-state index in [2.05, 4.69) is 4.74 Å². The first-order chi connectivity index (χ1) is 8.36. The number of aliphatic carboxylic acids is 1. The van der Waals surface area contributed by atoms with Crippen molar-refractivity contribution in [1.29, 1.82) is 0 Å². The number of aromatic carboxylic acids is 1. The van der Waals surface area contributed by atoms with E-state index in [0.29, 0.717) is 12.1 Å². The minimum absolute atomic E-state index is 0.00882. The van der Waals surface area contributed by atoms with Gasteiger partial charge in [-0.1, -0.05) is 6.92 Å². The number of ether oxygens (including phenoxy) is 1. The van der Waals surface area contributed by atoms with Crippen molar-refractivity contribution in [2.24, 2.45) is 0 Å². The molecule has 5 nitrogen and oxygen atoms in total. The third-order valence-corrected chi connectivity index (χ3v) is 2.15. The van der Waals surface area contributed by atoms with Crippen molar-refractivity contribution >= 4 is 11.9 Å². The molecule has 0 fully saturated rings. The van der Waals surface area contributed by atoms with Crippen LogP contribution < -0.4 is 4.74 Å². The number of hydrogen-bond acceptors (Lipinski definition) is 3. The van der Waals surface area contributed by atoms with Crippen molar-refractivity contribution < 1.29 is 33.3 Å². The standard InChI is InChI=1S/C11H10F2O5/c1-2-8(11(16)17)18-9-6(12)3-5(10(14)15)4-7(9)13/h3-4,8H,2H2,1H3,(H,14,15)(H,16,17). The van der Waals surface area contributed by atoms with Crippen LogP contribution in [-0.4, -0.2) is 28.3 Å². The topological polar surface area (TPSA) is 83.8 Å². The molecular weight excluding hydrogens is 250 g/mol. The minimum Gasteiger partial charge on any atom is -0.479 e. The van der Waals surface area contributed by atoms with E-state index < -0.39 is 41.0 Å². The Morgan fingerprint density at radius 2 is 1.78 bits per heavy atom. The van der Waals surface area contributed by atoms with E-state index in [1.54, 1.807) is 0 Å². The number of carboxylic acid groups (broad SMARTS) is 2. The molecule has 0 aliphatic heterocycles. The minimum atomic E-state index is -1.50. The molecular formula is C11H10F2O5. The molecule has 0 spiro atoms. The average molecular weight is 260 g/mol. The highest BCUT2D eigenvalue weighted by Crippen LogP contribution is 2.25. The smallest absolute Gasteiger partial charge is 0.344 e. The summed E-state index contributed by atoms with van der Waals surface area (Å²) < 4.78 is 31.5. The van der Waals surface area contributed by atoms with Crippen molar-refractivity contribution in [3.63, 3.8) is 0 Å². The Morgan fingerprint density at radius 3 is 2.11 bits per heavy atom. The summed E-state index contributed by atoms with van der Waals surface area (Å²) in [4.78, 5) is 21.2. The first-order valence-corrected chi connectivity index (χ1v) is 4.98. The molecule has 0 aromatic heterocycles. The van der Waals surface area contributed by atoms with Crippen molar-refractivity contribution in [2.75, 3.05) is 0 Å². The van der Waals surface area contributed by atoms with Crippen LogP contribution in [0.15, 0.2) is 12.1 Å². The molecule has 0 amide bonds. The first-order valence-electron chi connectivity index (χ1n) is 4.98. The highest BCUT2D eigenvalue weighted by molar-refractivity contribution is 5.87. The lowest BCUT2D eigenvalue weighted by molar-refractivity contribution is -0.145. The summed E-state index contributed by atoms with van der Waals surface area (Å²) in [6.07, 6.45) is -1.39. The van der Waals surface area contributed by atoms with Gasteiger partial charge in [-0.15, -0.1) is 0 Å². The van der Waals surface area contributed by atoms with Gasteiger partial charge in [0.1, 0.15) is 0 Å².